The van der Waals surface area contributed by atoms with Crippen LogP contribution in [0, 0.1) is 0 Å². The molecule has 3 amide bonds. The van der Waals surface area contributed by atoms with Crippen molar-refractivity contribution in [3.05, 3.63) is 95.8 Å². The highest BCUT2D eigenvalue weighted by Gasteiger charge is 2.39. The Bertz CT molecular complexity index is 2280. The number of hydrogen-bond acceptors (Lipinski definition) is 11. The number of para-hydroxylation sites is 1. The first-order chi connectivity index (χ1) is 28.4. The minimum absolute atomic E-state index is 0.122. The fraction of sp³-hybridized carbons (Fsp3) is 0.409. The topological polar surface area (TPSA) is 161 Å². The van der Waals surface area contributed by atoms with Crippen LogP contribution in [0.5, 0.6) is 11.5 Å². The number of nitrogens with one attached hydrogen (secondary N) is 1. The van der Waals surface area contributed by atoms with Crippen molar-refractivity contribution in [1.82, 2.24) is 39.8 Å². The Kier molecular flexibility index (Phi) is 10.9. The minimum Gasteiger partial charge on any atom is -0.457 e. The van der Waals surface area contributed by atoms with Gasteiger partial charge in [-0.05, 0) is 105 Å². The lowest BCUT2D eigenvalue weighted by atomic mass is 9.88. The third-order valence-electron chi connectivity index (χ3n) is 12.2. The zero-order valence-electron chi connectivity index (χ0n) is 32.6. The van der Waals surface area contributed by atoms with Gasteiger partial charge in [0.15, 0.2) is 5.65 Å². The summed E-state index contributed by atoms with van der Waals surface area (Å²) in [6.07, 6.45) is 6.18. The molecule has 3 fully saturated rings. The predicted molar refractivity (Wildman–Crippen MR) is 218 cm³/mol. The zero-order valence-corrected chi connectivity index (χ0v) is 32.6. The van der Waals surface area contributed by atoms with E-state index in [2.05, 4.69) is 41.9 Å². The maximum Gasteiger partial charge on any atom is 0.255 e. The molecule has 300 valence electrons. The number of hydrogen-bond donors (Lipinski definition) is 2. The molecule has 1 atom stereocenters. The average molecular weight is 784 g/mol. The van der Waals surface area contributed by atoms with Crippen LogP contribution in [-0.2, 0) is 20.9 Å². The van der Waals surface area contributed by atoms with E-state index in [0.29, 0.717) is 43.5 Å². The van der Waals surface area contributed by atoms with Gasteiger partial charge in [-0.25, -0.2) is 14.6 Å². The number of rotatable bonds is 12. The smallest absolute Gasteiger partial charge is 0.255 e. The molecule has 14 heteroatoms. The number of likely N-dealkylation sites (tertiary alicyclic amines) is 2. The molecule has 3 saturated heterocycles. The molecule has 14 nitrogen and oxygen atoms in total. The summed E-state index contributed by atoms with van der Waals surface area (Å²) in [5, 5.41) is 8.24. The maximum atomic E-state index is 13.1. The van der Waals surface area contributed by atoms with Crippen molar-refractivity contribution in [2.24, 2.45) is 0 Å². The first-order valence-corrected chi connectivity index (χ1v) is 20.5. The quantitative estimate of drug-likeness (QED) is 0.127. The van der Waals surface area contributed by atoms with Crippen molar-refractivity contribution < 1.29 is 23.9 Å². The van der Waals surface area contributed by atoms with Gasteiger partial charge in [-0.3, -0.25) is 19.7 Å². The van der Waals surface area contributed by atoms with E-state index in [1.165, 1.54) is 11.9 Å². The first-order valence-electron chi connectivity index (χ1n) is 20.5. The molecular weight excluding hydrogens is 735 g/mol. The second-order valence-corrected chi connectivity index (χ2v) is 15.8. The Balaban J connectivity index is 0.712. The summed E-state index contributed by atoms with van der Waals surface area (Å²) in [5.74, 6) is 1.63. The molecule has 0 radical (unpaired) electrons. The van der Waals surface area contributed by atoms with E-state index >= 15 is 0 Å². The summed E-state index contributed by atoms with van der Waals surface area (Å²) in [7, 11) is 0. The van der Waals surface area contributed by atoms with E-state index in [1.54, 1.807) is 4.90 Å². The number of benzene rings is 3. The van der Waals surface area contributed by atoms with Crippen LogP contribution in [0.3, 0.4) is 0 Å². The Labute approximate surface area is 337 Å². The molecule has 0 aliphatic carbocycles. The molecule has 6 heterocycles. The summed E-state index contributed by atoms with van der Waals surface area (Å²) in [4.78, 5) is 52.7. The fourth-order valence-corrected chi connectivity index (χ4v) is 8.97. The average Bonchev–Trinajstić information content (AvgIpc) is 3.80. The lowest BCUT2D eigenvalue weighted by Gasteiger charge is -2.33. The Morgan fingerprint density at radius 3 is 2.22 bits per heavy atom. The normalized spacial score (nSPS) is 19.8. The molecule has 0 bridgehead atoms. The van der Waals surface area contributed by atoms with Crippen LogP contribution in [-0.4, -0.2) is 111 Å². The summed E-state index contributed by atoms with van der Waals surface area (Å²) in [5.41, 5.74) is 11.8. The van der Waals surface area contributed by atoms with E-state index in [-0.39, 0.29) is 30.2 Å². The predicted octanol–water partition coefficient (Wildman–Crippen LogP) is 5.16. The molecule has 1 unspecified atom stereocenters. The lowest BCUT2D eigenvalue weighted by Crippen LogP contribution is -2.52. The molecule has 0 spiro atoms. The Morgan fingerprint density at radius 1 is 0.793 bits per heavy atom. The highest BCUT2D eigenvalue weighted by Crippen LogP contribution is 2.36. The number of fused-ring (bicyclic) bond motifs is 2. The molecule has 0 saturated carbocycles. The van der Waals surface area contributed by atoms with Crippen LogP contribution < -0.4 is 15.8 Å². The summed E-state index contributed by atoms with van der Waals surface area (Å²) in [6.45, 7) is 7.56. The third-order valence-corrected chi connectivity index (χ3v) is 12.2. The summed E-state index contributed by atoms with van der Waals surface area (Å²) in [6, 6.07) is 23.4. The van der Waals surface area contributed by atoms with Gasteiger partial charge in [-0.15, -0.1) is 0 Å². The largest absolute Gasteiger partial charge is 0.457 e. The van der Waals surface area contributed by atoms with Crippen molar-refractivity contribution in [2.75, 3.05) is 58.2 Å². The van der Waals surface area contributed by atoms with E-state index in [1.807, 2.05) is 60.7 Å². The summed E-state index contributed by atoms with van der Waals surface area (Å²) >= 11 is 0. The number of ether oxygens (including phenoxy) is 2. The van der Waals surface area contributed by atoms with Crippen molar-refractivity contribution in [3.8, 4) is 22.8 Å². The molecule has 2 aromatic heterocycles. The van der Waals surface area contributed by atoms with Crippen molar-refractivity contribution in [3.63, 3.8) is 0 Å². The second-order valence-electron chi connectivity index (χ2n) is 15.8. The number of nitrogens with zero attached hydrogens (tertiary/aromatic N) is 7. The fourth-order valence-electron chi connectivity index (χ4n) is 8.97. The van der Waals surface area contributed by atoms with Crippen LogP contribution in [0.4, 0.5) is 5.82 Å². The highest BCUT2D eigenvalue weighted by molar-refractivity contribution is 6.05. The number of aromatic nitrogens is 4. The molecule has 3 N–H and O–H groups in total. The van der Waals surface area contributed by atoms with Gasteiger partial charge in [0.1, 0.15) is 35.4 Å². The molecule has 4 aliphatic heterocycles. The number of amides is 3. The number of carbonyl (C=O) groups excluding carboxylic acids is 3. The van der Waals surface area contributed by atoms with Gasteiger partial charge >= 0.3 is 0 Å². The van der Waals surface area contributed by atoms with E-state index in [9.17, 15) is 14.4 Å². The van der Waals surface area contributed by atoms with Gasteiger partial charge < -0.3 is 29.9 Å². The van der Waals surface area contributed by atoms with Gasteiger partial charge in [-0.1, -0.05) is 30.3 Å². The minimum atomic E-state index is -0.587. The van der Waals surface area contributed by atoms with Crippen molar-refractivity contribution in [1.29, 1.82) is 0 Å². The molecule has 9 rings (SSSR count). The Hall–Kier alpha value is -5.70. The molecule has 58 heavy (non-hydrogen) atoms. The number of nitrogen functional groups attached to an aromatic ring is 1. The molecule has 5 aromatic rings. The monoisotopic (exact) mass is 783 g/mol. The number of anilines is 1. The number of nitrogens with two attached hydrogens (primary N) is 1. The van der Waals surface area contributed by atoms with Gasteiger partial charge in [0.25, 0.3) is 5.91 Å². The van der Waals surface area contributed by atoms with E-state index < -0.39 is 6.04 Å². The zero-order chi connectivity index (χ0) is 39.6. The van der Waals surface area contributed by atoms with Crippen LogP contribution in [0.2, 0.25) is 0 Å². The standard InChI is InChI=1S/C44H49N9O5/c45-41-39-40(30-6-9-35(10-7-30)58-34-4-2-1-3-5-34)49-53(42(39)47-28-46-41)33-16-20-51(21-17-33)23-25-57-24-22-50-18-14-29(15-19-50)31-8-11-36-32(26-31)27-52(44(36)56)37-12-13-38(54)48-43(37)55/h1-11,26,28-29,33,37H,12-25,27H2,(H2,45,46,47)(H,48,54,55). The van der Waals surface area contributed by atoms with Crippen LogP contribution in [0.1, 0.15) is 72.0 Å². The summed E-state index contributed by atoms with van der Waals surface area (Å²) < 4.78 is 14.2. The third kappa shape index (κ3) is 7.91. The van der Waals surface area contributed by atoms with E-state index in [0.717, 1.165) is 104 Å². The number of piperidine rings is 3. The molecular formula is C44H49N9O5. The van der Waals surface area contributed by atoms with Crippen LogP contribution >= 0.6 is 0 Å². The second kappa shape index (κ2) is 16.6. The van der Waals surface area contributed by atoms with Gasteiger partial charge in [0.2, 0.25) is 11.8 Å². The highest BCUT2D eigenvalue weighted by atomic mass is 16.5. The maximum absolute atomic E-state index is 13.1. The number of imide groups is 1. The molecule has 3 aromatic carbocycles. The van der Waals surface area contributed by atoms with Crippen LogP contribution in [0.15, 0.2) is 79.1 Å². The van der Waals surface area contributed by atoms with Crippen molar-refractivity contribution in [2.45, 2.75) is 63.1 Å². The SMILES string of the molecule is Nc1ncnc2c1c(-c1ccc(Oc3ccccc3)cc1)nn2C1CCN(CCOCCN2CCC(c3ccc4c(c3)CN(C3CCC(=O)NC3=O)C4=O)CC2)CC1. The first kappa shape index (κ1) is 37.9. The lowest BCUT2D eigenvalue weighted by molar-refractivity contribution is -0.136. The van der Waals surface area contributed by atoms with Gasteiger partial charge in [-0.2, -0.15) is 5.10 Å². The Morgan fingerprint density at radius 2 is 1.50 bits per heavy atom. The van der Waals surface area contributed by atoms with Crippen LogP contribution in [0.25, 0.3) is 22.3 Å². The molecule has 4 aliphatic rings. The van der Waals surface area contributed by atoms with Crippen molar-refractivity contribution >= 4 is 34.6 Å². The van der Waals surface area contributed by atoms with E-state index in [4.69, 9.17) is 20.3 Å². The van der Waals surface area contributed by atoms with Gasteiger partial charge in [0.05, 0.1) is 24.6 Å². The number of carbonyl (C=O) groups is 3. The van der Waals surface area contributed by atoms with Gasteiger partial charge in [0, 0.05) is 50.3 Å².